The van der Waals surface area contributed by atoms with Crippen molar-refractivity contribution in [1.29, 1.82) is 0 Å². The fraction of sp³-hybridized carbons (Fsp3) is 0.667. The molecule has 72 valence electrons. The maximum absolute atomic E-state index is 11.3. The van der Waals surface area contributed by atoms with E-state index in [9.17, 15) is 4.79 Å². The average molecular weight is 182 g/mol. The van der Waals surface area contributed by atoms with Crippen LogP contribution in [0.4, 0.5) is 0 Å². The van der Waals surface area contributed by atoms with E-state index >= 15 is 0 Å². The van der Waals surface area contributed by atoms with Crippen LogP contribution in [0.1, 0.15) is 6.42 Å². The zero-order chi connectivity index (χ0) is 9.68. The molecule has 1 aliphatic rings. The minimum absolute atomic E-state index is 0.00995. The Bertz CT molecular complexity index is 222. The Hall–Kier alpha value is -1.05. The lowest BCUT2D eigenvalue weighted by Gasteiger charge is -2.31. The van der Waals surface area contributed by atoms with E-state index in [1.807, 2.05) is 0 Å². The van der Waals surface area contributed by atoms with E-state index in [4.69, 9.17) is 16.9 Å². The molecular weight excluding hydrogens is 168 g/mol. The number of carbonyl (C=O) groups is 1. The molecule has 1 amide bonds. The van der Waals surface area contributed by atoms with Gasteiger partial charge in [-0.25, -0.2) is 0 Å². The van der Waals surface area contributed by atoms with E-state index in [0.29, 0.717) is 26.2 Å². The number of carbonyl (C=O) groups excluding carboxylic acids is 1. The summed E-state index contributed by atoms with van der Waals surface area (Å²) in [5, 5.41) is 0. The molecule has 1 fully saturated rings. The lowest BCUT2D eigenvalue weighted by Crippen LogP contribution is -2.48. The Morgan fingerprint density at radius 3 is 3.15 bits per heavy atom. The molecular formula is C9H14N2O2. The number of morpholine rings is 1. The molecule has 0 aromatic heterocycles. The van der Waals surface area contributed by atoms with Gasteiger partial charge >= 0.3 is 0 Å². The number of terminal acetylenes is 1. The average Bonchev–Trinajstić information content (AvgIpc) is 2.18. The van der Waals surface area contributed by atoms with Crippen molar-refractivity contribution in [3.63, 3.8) is 0 Å². The molecule has 0 aliphatic carbocycles. The molecule has 0 aromatic carbocycles. The van der Waals surface area contributed by atoms with Crippen LogP contribution in [-0.2, 0) is 9.53 Å². The lowest BCUT2D eigenvalue weighted by molar-refractivity contribution is -0.137. The summed E-state index contributed by atoms with van der Waals surface area (Å²) in [6.45, 7) is 2.19. The van der Waals surface area contributed by atoms with Crippen LogP contribution in [-0.4, -0.2) is 43.2 Å². The van der Waals surface area contributed by atoms with Gasteiger partial charge in [-0.05, 0) is 0 Å². The molecule has 0 bridgehead atoms. The summed E-state index contributed by atoms with van der Waals surface area (Å²) in [5.74, 6) is 2.32. The molecule has 1 atom stereocenters. The van der Waals surface area contributed by atoms with Crippen LogP contribution in [0.3, 0.4) is 0 Å². The molecule has 1 rings (SSSR count). The smallest absolute Gasteiger partial charge is 0.234 e. The number of nitrogens with two attached hydrogens (primary N) is 1. The molecule has 0 spiro atoms. The standard InChI is InChI=1S/C9H14N2O2/c1-2-3-9(12)11-4-5-13-8(6-10)7-11/h1,8H,3-7,10H2. The van der Waals surface area contributed by atoms with Gasteiger partial charge in [0.15, 0.2) is 0 Å². The number of hydrogen-bond donors (Lipinski definition) is 1. The van der Waals surface area contributed by atoms with Crippen LogP contribution in [0.5, 0.6) is 0 Å². The predicted octanol–water partition coefficient (Wildman–Crippen LogP) is -0.804. The Balaban J connectivity index is 2.42. The first-order valence-corrected chi connectivity index (χ1v) is 4.31. The highest BCUT2D eigenvalue weighted by Gasteiger charge is 2.22. The molecule has 4 nitrogen and oxygen atoms in total. The van der Waals surface area contributed by atoms with Crippen molar-refractivity contribution >= 4 is 5.91 Å². The third-order valence-electron chi connectivity index (χ3n) is 2.01. The number of nitrogens with zero attached hydrogens (tertiary/aromatic N) is 1. The second-order valence-electron chi connectivity index (χ2n) is 2.95. The Labute approximate surface area is 78.0 Å². The van der Waals surface area contributed by atoms with Gasteiger partial charge in [0.25, 0.3) is 0 Å². The minimum atomic E-state index is -0.0320. The van der Waals surface area contributed by atoms with Gasteiger partial charge in [-0.15, -0.1) is 6.42 Å². The van der Waals surface area contributed by atoms with Crippen molar-refractivity contribution in [1.82, 2.24) is 4.90 Å². The molecule has 2 N–H and O–H groups in total. The molecule has 0 radical (unpaired) electrons. The maximum Gasteiger partial charge on any atom is 0.234 e. The third-order valence-corrected chi connectivity index (χ3v) is 2.01. The molecule has 4 heteroatoms. The molecule has 1 heterocycles. The number of rotatable bonds is 2. The van der Waals surface area contributed by atoms with Crippen LogP contribution in [0.25, 0.3) is 0 Å². The monoisotopic (exact) mass is 182 g/mol. The topological polar surface area (TPSA) is 55.6 Å². The van der Waals surface area contributed by atoms with Crippen molar-refractivity contribution in [3.05, 3.63) is 0 Å². The SMILES string of the molecule is C#CCC(=O)N1CCOC(CN)C1. The highest BCUT2D eigenvalue weighted by molar-refractivity contribution is 5.78. The van der Waals surface area contributed by atoms with Crippen molar-refractivity contribution in [2.75, 3.05) is 26.2 Å². The van der Waals surface area contributed by atoms with Gasteiger partial charge in [0, 0.05) is 19.6 Å². The second-order valence-corrected chi connectivity index (χ2v) is 2.95. The van der Waals surface area contributed by atoms with E-state index in [1.54, 1.807) is 4.90 Å². The first-order valence-electron chi connectivity index (χ1n) is 4.31. The molecule has 13 heavy (non-hydrogen) atoms. The van der Waals surface area contributed by atoms with Crippen LogP contribution in [0, 0.1) is 12.3 Å². The van der Waals surface area contributed by atoms with E-state index in [1.165, 1.54) is 0 Å². The van der Waals surface area contributed by atoms with Crippen LogP contribution < -0.4 is 5.73 Å². The van der Waals surface area contributed by atoms with Gasteiger partial charge in [-0.2, -0.15) is 0 Å². The molecule has 0 saturated carbocycles. The highest BCUT2D eigenvalue weighted by Crippen LogP contribution is 2.05. The lowest BCUT2D eigenvalue weighted by atomic mass is 10.2. The minimum Gasteiger partial charge on any atom is -0.373 e. The van der Waals surface area contributed by atoms with Crippen molar-refractivity contribution in [2.24, 2.45) is 5.73 Å². The maximum atomic E-state index is 11.3. The molecule has 1 unspecified atom stereocenters. The van der Waals surface area contributed by atoms with E-state index in [0.717, 1.165) is 0 Å². The quantitative estimate of drug-likeness (QED) is 0.569. The zero-order valence-electron chi connectivity index (χ0n) is 7.53. The van der Waals surface area contributed by atoms with E-state index < -0.39 is 0 Å². The van der Waals surface area contributed by atoms with Gasteiger partial charge in [-0.3, -0.25) is 4.79 Å². The second kappa shape index (κ2) is 4.85. The zero-order valence-corrected chi connectivity index (χ0v) is 7.53. The summed E-state index contributed by atoms with van der Waals surface area (Å²) in [6.07, 6.45) is 5.18. The molecule has 1 aliphatic heterocycles. The summed E-state index contributed by atoms with van der Waals surface area (Å²) in [7, 11) is 0. The van der Waals surface area contributed by atoms with Crippen LogP contribution in [0.15, 0.2) is 0 Å². The summed E-state index contributed by atoms with van der Waals surface area (Å²) in [4.78, 5) is 13.1. The summed E-state index contributed by atoms with van der Waals surface area (Å²) in [5.41, 5.74) is 5.44. The number of amides is 1. The third kappa shape index (κ3) is 2.72. The van der Waals surface area contributed by atoms with Crippen molar-refractivity contribution < 1.29 is 9.53 Å². The highest BCUT2D eigenvalue weighted by atomic mass is 16.5. The summed E-state index contributed by atoms with van der Waals surface area (Å²) >= 11 is 0. The van der Waals surface area contributed by atoms with Gasteiger partial charge in [0.2, 0.25) is 5.91 Å². The van der Waals surface area contributed by atoms with Gasteiger partial charge in [0.1, 0.15) is 0 Å². The van der Waals surface area contributed by atoms with Crippen molar-refractivity contribution in [2.45, 2.75) is 12.5 Å². The molecule has 1 saturated heterocycles. The predicted molar refractivity (Wildman–Crippen MR) is 48.8 cm³/mol. The Morgan fingerprint density at radius 1 is 1.77 bits per heavy atom. The van der Waals surface area contributed by atoms with Gasteiger partial charge in [0.05, 0.1) is 19.1 Å². The number of hydrogen-bond acceptors (Lipinski definition) is 3. The van der Waals surface area contributed by atoms with Crippen LogP contribution in [0.2, 0.25) is 0 Å². The van der Waals surface area contributed by atoms with Crippen molar-refractivity contribution in [3.8, 4) is 12.3 Å². The molecule has 0 aromatic rings. The number of ether oxygens (including phenoxy) is 1. The van der Waals surface area contributed by atoms with E-state index in [2.05, 4.69) is 5.92 Å². The van der Waals surface area contributed by atoms with Crippen LogP contribution >= 0.6 is 0 Å². The Morgan fingerprint density at radius 2 is 2.54 bits per heavy atom. The largest absolute Gasteiger partial charge is 0.373 e. The van der Waals surface area contributed by atoms with Gasteiger partial charge < -0.3 is 15.4 Å². The van der Waals surface area contributed by atoms with Gasteiger partial charge in [-0.1, -0.05) is 5.92 Å². The fourth-order valence-electron chi connectivity index (χ4n) is 1.29. The summed E-state index contributed by atoms with van der Waals surface area (Å²) < 4.78 is 5.32. The first-order chi connectivity index (χ1) is 6.27. The summed E-state index contributed by atoms with van der Waals surface area (Å²) in [6, 6.07) is 0. The Kier molecular flexibility index (Phi) is 3.74. The first kappa shape index (κ1) is 10.0. The van der Waals surface area contributed by atoms with E-state index in [-0.39, 0.29) is 18.4 Å². The normalized spacial score (nSPS) is 22.5. The fourth-order valence-corrected chi connectivity index (χ4v) is 1.29.